The molecule has 5 atom stereocenters. The van der Waals surface area contributed by atoms with Crippen LogP contribution < -0.4 is 10.6 Å². The SMILES string of the molecule is CC1CC2COOCC1C2OC(=O)N[C@H](CCN(CC1(C)CC1)S(=O)(=O)c1ccc2nc(NC3CC3)sc2c1)Cc1ccccc1. The van der Waals surface area contributed by atoms with Crippen LogP contribution in [-0.2, 0) is 31.0 Å². The second kappa shape index (κ2) is 13.0. The van der Waals surface area contributed by atoms with E-state index in [0.29, 0.717) is 44.6 Å². The van der Waals surface area contributed by atoms with Crippen LogP contribution >= 0.6 is 11.3 Å². The topological polar surface area (TPSA) is 119 Å². The van der Waals surface area contributed by atoms with E-state index in [1.807, 2.05) is 30.3 Å². The highest BCUT2D eigenvalue weighted by atomic mass is 32.2. The summed E-state index contributed by atoms with van der Waals surface area (Å²) >= 11 is 1.50. The number of amides is 1. The van der Waals surface area contributed by atoms with Crippen molar-refractivity contribution in [3.05, 3.63) is 54.1 Å². The van der Waals surface area contributed by atoms with Crippen molar-refractivity contribution in [2.75, 3.05) is 31.6 Å². The summed E-state index contributed by atoms with van der Waals surface area (Å²) in [6, 6.07) is 15.3. The summed E-state index contributed by atoms with van der Waals surface area (Å²) in [6.45, 7) is 5.83. The molecule has 46 heavy (non-hydrogen) atoms. The van der Waals surface area contributed by atoms with Gasteiger partial charge in [-0.2, -0.15) is 4.31 Å². The second-order valence-corrected chi connectivity index (χ2v) is 17.1. The Hall–Kier alpha value is -2.77. The van der Waals surface area contributed by atoms with E-state index in [1.165, 1.54) is 11.3 Å². The molecule has 0 radical (unpaired) electrons. The lowest BCUT2D eigenvalue weighted by Crippen LogP contribution is -2.44. The van der Waals surface area contributed by atoms with Crippen LogP contribution in [0.2, 0.25) is 0 Å². The first-order valence-electron chi connectivity index (χ1n) is 16.6. The third-order valence-electron chi connectivity index (χ3n) is 10.1. The van der Waals surface area contributed by atoms with Gasteiger partial charge in [-0.1, -0.05) is 55.5 Å². The molecule has 1 saturated heterocycles. The van der Waals surface area contributed by atoms with Crippen molar-refractivity contribution in [1.29, 1.82) is 0 Å². The Kier molecular flexibility index (Phi) is 9.01. The Balaban J connectivity index is 1.08. The fourth-order valence-electron chi connectivity index (χ4n) is 6.84. The average molecular weight is 669 g/mol. The normalized spacial score (nSPS) is 26.1. The van der Waals surface area contributed by atoms with Crippen molar-refractivity contribution < 1.29 is 27.7 Å². The van der Waals surface area contributed by atoms with E-state index in [1.54, 1.807) is 22.5 Å². The summed E-state index contributed by atoms with van der Waals surface area (Å²) in [7, 11) is -3.80. The maximum absolute atomic E-state index is 14.2. The molecule has 3 saturated carbocycles. The first-order valence-corrected chi connectivity index (χ1v) is 18.8. The van der Waals surface area contributed by atoms with E-state index < -0.39 is 16.1 Å². The summed E-state index contributed by atoms with van der Waals surface area (Å²) in [4.78, 5) is 28.9. The highest BCUT2D eigenvalue weighted by molar-refractivity contribution is 7.89. The molecule has 2 N–H and O–H groups in total. The number of fused-ring (bicyclic) bond motifs is 3. The number of thiazole rings is 1. The minimum atomic E-state index is -3.80. The van der Waals surface area contributed by atoms with Crippen molar-refractivity contribution in [2.45, 2.75) is 81.9 Å². The Morgan fingerprint density at radius 2 is 1.93 bits per heavy atom. The molecular weight excluding hydrogens is 625 g/mol. The Labute approximate surface area is 275 Å². The Bertz CT molecular complexity index is 1640. The number of nitrogens with zero attached hydrogens (tertiary/aromatic N) is 2. The molecule has 2 heterocycles. The van der Waals surface area contributed by atoms with Gasteiger partial charge in [0.25, 0.3) is 0 Å². The van der Waals surface area contributed by atoms with Gasteiger partial charge in [0, 0.05) is 37.0 Å². The number of benzene rings is 2. The predicted octanol–water partition coefficient (Wildman–Crippen LogP) is 5.99. The molecule has 248 valence electrons. The Morgan fingerprint density at radius 1 is 1.15 bits per heavy atom. The summed E-state index contributed by atoms with van der Waals surface area (Å²) in [5.74, 6) is 0.555. The van der Waals surface area contributed by atoms with Crippen molar-refractivity contribution in [2.24, 2.45) is 23.2 Å². The monoisotopic (exact) mass is 668 g/mol. The van der Waals surface area contributed by atoms with Crippen LogP contribution in [0.4, 0.5) is 9.93 Å². The first kappa shape index (κ1) is 31.8. The van der Waals surface area contributed by atoms with Gasteiger partial charge in [0.2, 0.25) is 10.0 Å². The third-order valence-corrected chi connectivity index (χ3v) is 12.9. The smallest absolute Gasteiger partial charge is 0.407 e. The molecule has 4 unspecified atom stereocenters. The van der Waals surface area contributed by atoms with Crippen molar-refractivity contribution in [1.82, 2.24) is 14.6 Å². The van der Waals surface area contributed by atoms with Crippen LogP contribution in [-0.4, -0.2) is 68.3 Å². The van der Waals surface area contributed by atoms with Crippen molar-refractivity contribution in [3.8, 4) is 0 Å². The highest BCUT2D eigenvalue weighted by Gasteiger charge is 2.46. The van der Waals surface area contributed by atoms with Gasteiger partial charge < -0.3 is 15.4 Å². The molecular formula is C34H44N4O6S2. The summed E-state index contributed by atoms with van der Waals surface area (Å²) in [5, 5.41) is 7.37. The average Bonchev–Trinajstić information content (AvgIpc) is 3.93. The van der Waals surface area contributed by atoms with E-state index in [-0.39, 0.29) is 40.8 Å². The third kappa shape index (κ3) is 7.36. The minimum Gasteiger partial charge on any atom is -0.445 e. The van der Waals surface area contributed by atoms with E-state index >= 15 is 0 Å². The lowest BCUT2D eigenvalue weighted by Gasteiger charge is -2.28. The summed E-state index contributed by atoms with van der Waals surface area (Å²) < 4.78 is 37.0. The lowest BCUT2D eigenvalue weighted by molar-refractivity contribution is -0.302. The predicted molar refractivity (Wildman–Crippen MR) is 177 cm³/mol. The number of aromatic nitrogens is 1. The first-order chi connectivity index (χ1) is 22.1. The van der Waals surface area contributed by atoms with E-state index in [4.69, 9.17) is 14.5 Å². The van der Waals surface area contributed by atoms with Gasteiger partial charge in [0.15, 0.2) is 5.13 Å². The number of rotatable bonds is 13. The van der Waals surface area contributed by atoms with Crippen LogP contribution in [0.3, 0.4) is 0 Å². The molecule has 7 rings (SSSR count). The number of carbonyl (C=O) groups excluding carboxylic acids is 1. The number of carbonyl (C=O) groups is 1. The van der Waals surface area contributed by atoms with Gasteiger partial charge in [-0.3, -0.25) is 0 Å². The number of nitrogens with one attached hydrogen (secondary N) is 2. The molecule has 12 heteroatoms. The summed E-state index contributed by atoms with van der Waals surface area (Å²) in [5.41, 5.74) is 1.82. The fourth-order valence-corrected chi connectivity index (χ4v) is 9.52. The van der Waals surface area contributed by atoms with Crippen molar-refractivity contribution in [3.63, 3.8) is 0 Å². The quantitative estimate of drug-likeness (QED) is 0.213. The van der Waals surface area contributed by atoms with E-state index in [0.717, 1.165) is 53.0 Å². The second-order valence-electron chi connectivity index (χ2n) is 14.1. The number of anilines is 1. The largest absolute Gasteiger partial charge is 0.445 e. The lowest BCUT2D eigenvalue weighted by atomic mass is 9.97. The summed E-state index contributed by atoms with van der Waals surface area (Å²) in [6.07, 6.45) is 5.46. The van der Waals surface area contributed by atoms with Crippen LogP contribution in [0.15, 0.2) is 53.4 Å². The minimum absolute atomic E-state index is 0.0378. The number of hydrogen-bond acceptors (Lipinski definition) is 9. The molecule has 3 aliphatic carbocycles. The molecule has 0 spiro atoms. The highest BCUT2D eigenvalue weighted by Crippen LogP contribution is 2.46. The number of sulfonamides is 1. The molecule has 1 aromatic heterocycles. The molecule has 2 aromatic carbocycles. The van der Waals surface area contributed by atoms with Crippen LogP contribution in [0.5, 0.6) is 0 Å². The molecule has 4 aliphatic rings. The van der Waals surface area contributed by atoms with Gasteiger partial charge in [0.05, 0.1) is 28.3 Å². The maximum atomic E-state index is 14.2. The number of alkyl carbamates (subject to hydrolysis) is 1. The van der Waals surface area contributed by atoms with Crippen LogP contribution in [0.1, 0.15) is 57.9 Å². The molecule has 1 aliphatic heterocycles. The van der Waals surface area contributed by atoms with E-state index in [9.17, 15) is 13.2 Å². The molecule has 1 amide bonds. The fraction of sp³-hybridized carbons (Fsp3) is 0.588. The number of ether oxygens (including phenoxy) is 1. The van der Waals surface area contributed by atoms with Gasteiger partial charge in [-0.05, 0) is 80.0 Å². The standard InChI is InChI=1S/C34H44N4O6S2/c1-22-16-24-19-42-43-20-28(22)31(24)44-33(39)36-26(17-23-6-4-3-5-7-23)12-15-38(21-34(2)13-14-34)46(40,41)27-10-11-29-30(18-27)45-32(37-29)35-25-8-9-25/h3-7,10-11,18,22,24-26,28,31H,8-9,12-17,19-21H2,1-2H3,(H,35,37)(H,36,39)/t22?,24?,26-,28?,31?/m1/s1. The zero-order valence-electron chi connectivity index (χ0n) is 26.5. The van der Waals surface area contributed by atoms with Gasteiger partial charge >= 0.3 is 6.09 Å². The zero-order chi connectivity index (χ0) is 31.9. The van der Waals surface area contributed by atoms with E-state index in [2.05, 4.69) is 29.5 Å². The van der Waals surface area contributed by atoms with Gasteiger partial charge in [0.1, 0.15) is 6.10 Å². The maximum Gasteiger partial charge on any atom is 0.407 e. The zero-order valence-corrected chi connectivity index (χ0v) is 28.2. The van der Waals surface area contributed by atoms with Crippen LogP contribution in [0, 0.1) is 23.2 Å². The van der Waals surface area contributed by atoms with Gasteiger partial charge in [-0.15, -0.1) is 0 Å². The van der Waals surface area contributed by atoms with Crippen molar-refractivity contribution >= 4 is 42.8 Å². The number of hydrogen-bond donors (Lipinski definition) is 2. The Morgan fingerprint density at radius 3 is 2.70 bits per heavy atom. The van der Waals surface area contributed by atoms with Crippen LogP contribution in [0.25, 0.3) is 10.2 Å². The molecule has 10 nitrogen and oxygen atoms in total. The molecule has 3 aromatic rings. The molecule has 2 bridgehead atoms. The van der Waals surface area contributed by atoms with Gasteiger partial charge in [-0.25, -0.2) is 28.0 Å². The molecule has 4 fully saturated rings.